The first kappa shape index (κ1) is 19.7. The number of H-pyrrole nitrogens is 1. The number of hydrogen-bond acceptors (Lipinski definition) is 4. The summed E-state index contributed by atoms with van der Waals surface area (Å²) in [6.07, 6.45) is 4.58. The van der Waals surface area contributed by atoms with Crippen LogP contribution < -0.4 is 10.9 Å². The summed E-state index contributed by atoms with van der Waals surface area (Å²) in [7, 11) is 0. The molecule has 2 heterocycles. The SMILES string of the molecule is C[C@@H](NC(=O)CCc1nc2sc3c(c2c(=O)[nH]1)CCCC3)c1ccc(F)c(F)c1. The average molecular weight is 417 g/mol. The molecule has 4 rings (SSSR count). The second-order valence-electron chi connectivity index (χ2n) is 7.37. The van der Waals surface area contributed by atoms with E-state index >= 15 is 0 Å². The molecule has 1 aliphatic carbocycles. The number of rotatable bonds is 5. The number of amides is 1. The van der Waals surface area contributed by atoms with E-state index in [9.17, 15) is 18.4 Å². The minimum Gasteiger partial charge on any atom is -0.350 e. The summed E-state index contributed by atoms with van der Waals surface area (Å²) in [4.78, 5) is 34.2. The Labute approximate surface area is 170 Å². The van der Waals surface area contributed by atoms with Gasteiger partial charge in [-0.15, -0.1) is 11.3 Å². The number of halogens is 2. The first-order chi connectivity index (χ1) is 13.9. The molecular formula is C21H21F2N3O2S. The number of carbonyl (C=O) groups excluding carboxylic acids is 1. The van der Waals surface area contributed by atoms with Gasteiger partial charge < -0.3 is 10.3 Å². The van der Waals surface area contributed by atoms with Crippen LogP contribution in [0.25, 0.3) is 10.2 Å². The lowest BCUT2D eigenvalue weighted by molar-refractivity contribution is -0.121. The van der Waals surface area contributed by atoms with E-state index in [4.69, 9.17) is 0 Å². The summed E-state index contributed by atoms with van der Waals surface area (Å²) in [5.74, 6) is -1.64. The van der Waals surface area contributed by atoms with Gasteiger partial charge in [-0.1, -0.05) is 6.07 Å². The van der Waals surface area contributed by atoms with Crippen LogP contribution in [0.3, 0.4) is 0 Å². The highest BCUT2D eigenvalue weighted by atomic mass is 32.1. The van der Waals surface area contributed by atoms with Gasteiger partial charge in [-0.25, -0.2) is 13.8 Å². The number of benzene rings is 1. The van der Waals surface area contributed by atoms with Crippen LogP contribution >= 0.6 is 11.3 Å². The van der Waals surface area contributed by atoms with Crippen LogP contribution in [0.15, 0.2) is 23.0 Å². The van der Waals surface area contributed by atoms with E-state index in [0.29, 0.717) is 23.2 Å². The van der Waals surface area contributed by atoms with Crippen molar-refractivity contribution in [3.63, 3.8) is 0 Å². The van der Waals surface area contributed by atoms with Crippen LogP contribution in [-0.2, 0) is 24.1 Å². The first-order valence-corrected chi connectivity index (χ1v) is 10.5. The molecule has 0 saturated heterocycles. The number of nitrogens with one attached hydrogen (secondary N) is 2. The fraction of sp³-hybridized carbons (Fsp3) is 0.381. The number of thiophene rings is 1. The Kier molecular flexibility index (Phi) is 5.45. The zero-order valence-corrected chi connectivity index (χ0v) is 16.8. The lowest BCUT2D eigenvalue weighted by Gasteiger charge is -2.14. The summed E-state index contributed by atoms with van der Waals surface area (Å²) in [5.41, 5.74) is 1.48. The van der Waals surface area contributed by atoms with Crippen molar-refractivity contribution in [1.82, 2.24) is 15.3 Å². The minimum atomic E-state index is -0.947. The molecule has 0 fully saturated rings. The van der Waals surface area contributed by atoms with E-state index in [-0.39, 0.29) is 17.9 Å². The molecule has 3 aromatic rings. The van der Waals surface area contributed by atoms with Crippen molar-refractivity contribution in [3.8, 4) is 0 Å². The van der Waals surface area contributed by atoms with Gasteiger partial charge in [0.1, 0.15) is 10.7 Å². The molecule has 5 nitrogen and oxygen atoms in total. The highest BCUT2D eigenvalue weighted by Crippen LogP contribution is 2.33. The van der Waals surface area contributed by atoms with Gasteiger partial charge in [0.05, 0.1) is 11.4 Å². The van der Waals surface area contributed by atoms with Crippen molar-refractivity contribution >= 4 is 27.5 Å². The van der Waals surface area contributed by atoms with Gasteiger partial charge in [-0.05, 0) is 55.9 Å². The van der Waals surface area contributed by atoms with E-state index in [1.807, 2.05) is 0 Å². The summed E-state index contributed by atoms with van der Waals surface area (Å²) in [6.45, 7) is 1.70. The van der Waals surface area contributed by atoms with Gasteiger partial charge in [0.2, 0.25) is 5.91 Å². The van der Waals surface area contributed by atoms with Gasteiger partial charge >= 0.3 is 0 Å². The summed E-state index contributed by atoms with van der Waals surface area (Å²) in [6, 6.07) is 3.09. The van der Waals surface area contributed by atoms with Crippen LogP contribution in [0.5, 0.6) is 0 Å². The molecule has 0 unspecified atom stereocenters. The summed E-state index contributed by atoms with van der Waals surface area (Å²) >= 11 is 1.57. The van der Waals surface area contributed by atoms with Gasteiger partial charge in [0.25, 0.3) is 5.56 Å². The lowest BCUT2D eigenvalue weighted by atomic mass is 9.97. The maximum atomic E-state index is 13.4. The summed E-state index contributed by atoms with van der Waals surface area (Å²) in [5, 5.41) is 3.46. The lowest BCUT2D eigenvalue weighted by Crippen LogP contribution is -2.27. The van der Waals surface area contributed by atoms with Crippen molar-refractivity contribution in [2.75, 3.05) is 0 Å². The van der Waals surface area contributed by atoms with E-state index in [0.717, 1.165) is 48.2 Å². The van der Waals surface area contributed by atoms with Crippen molar-refractivity contribution in [3.05, 3.63) is 62.0 Å². The topological polar surface area (TPSA) is 74.8 Å². The molecule has 0 spiro atoms. The Morgan fingerprint density at radius 2 is 2.07 bits per heavy atom. The van der Waals surface area contributed by atoms with E-state index < -0.39 is 17.7 Å². The number of aromatic nitrogens is 2. The monoisotopic (exact) mass is 417 g/mol. The second-order valence-corrected chi connectivity index (χ2v) is 8.45. The van der Waals surface area contributed by atoms with Gasteiger partial charge in [-0.3, -0.25) is 9.59 Å². The molecule has 0 saturated carbocycles. The Morgan fingerprint density at radius 1 is 1.28 bits per heavy atom. The molecule has 29 heavy (non-hydrogen) atoms. The number of nitrogens with zero attached hydrogens (tertiary/aromatic N) is 1. The quantitative estimate of drug-likeness (QED) is 0.660. The number of hydrogen-bond donors (Lipinski definition) is 2. The van der Waals surface area contributed by atoms with Crippen LogP contribution in [0.2, 0.25) is 0 Å². The molecule has 2 N–H and O–H groups in total. The maximum absolute atomic E-state index is 13.4. The van der Waals surface area contributed by atoms with Crippen molar-refractivity contribution in [2.24, 2.45) is 0 Å². The van der Waals surface area contributed by atoms with Crippen molar-refractivity contribution in [2.45, 2.75) is 51.5 Å². The highest BCUT2D eigenvalue weighted by Gasteiger charge is 2.20. The van der Waals surface area contributed by atoms with Gasteiger partial charge in [0.15, 0.2) is 11.6 Å². The number of carbonyl (C=O) groups is 1. The molecule has 0 radical (unpaired) electrons. The Hall–Kier alpha value is -2.61. The normalized spacial score (nSPS) is 14.6. The molecule has 0 aliphatic heterocycles. The van der Waals surface area contributed by atoms with Crippen LogP contribution in [0.1, 0.15) is 54.1 Å². The molecule has 1 amide bonds. The number of fused-ring (bicyclic) bond motifs is 3. The third kappa shape index (κ3) is 4.07. The van der Waals surface area contributed by atoms with E-state index in [1.165, 1.54) is 10.9 Å². The largest absolute Gasteiger partial charge is 0.350 e. The van der Waals surface area contributed by atoms with Gasteiger partial charge in [-0.2, -0.15) is 0 Å². The first-order valence-electron chi connectivity index (χ1n) is 9.70. The molecule has 8 heteroatoms. The predicted molar refractivity (Wildman–Crippen MR) is 108 cm³/mol. The number of aryl methyl sites for hydroxylation is 3. The highest BCUT2D eigenvalue weighted by molar-refractivity contribution is 7.18. The smallest absolute Gasteiger partial charge is 0.259 e. The predicted octanol–water partition coefficient (Wildman–Crippen LogP) is 3.95. The van der Waals surface area contributed by atoms with E-state index in [2.05, 4.69) is 15.3 Å². The Bertz CT molecular complexity index is 1140. The average Bonchev–Trinajstić information content (AvgIpc) is 3.07. The fourth-order valence-electron chi connectivity index (χ4n) is 3.74. The molecule has 152 valence electrons. The minimum absolute atomic E-state index is 0.132. The third-order valence-corrected chi connectivity index (χ3v) is 6.47. The number of aromatic amines is 1. The molecule has 1 aromatic carbocycles. The molecule has 0 bridgehead atoms. The molecule has 2 aromatic heterocycles. The van der Waals surface area contributed by atoms with Crippen LogP contribution in [-0.4, -0.2) is 15.9 Å². The molecule has 1 atom stereocenters. The van der Waals surface area contributed by atoms with Crippen molar-refractivity contribution in [1.29, 1.82) is 0 Å². The van der Waals surface area contributed by atoms with Crippen molar-refractivity contribution < 1.29 is 13.6 Å². The zero-order chi connectivity index (χ0) is 20.5. The Balaban J connectivity index is 1.43. The summed E-state index contributed by atoms with van der Waals surface area (Å²) < 4.78 is 26.4. The Morgan fingerprint density at radius 3 is 2.86 bits per heavy atom. The van der Waals surface area contributed by atoms with Crippen LogP contribution in [0.4, 0.5) is 8.78 Å². The fourth-order valence-corrected chi connectivity index (χ4v) is 5.02. The third-order valence-electron chi connectivity index (χ3n) is 5.28. The van der Waals surface area contributed by atoms with Crippen LogP contribution in [0, 0.1) is 11.6 Å². The van der Waals surface area contributed by atoms with E-state index in [1.54, 1.807) is 18.3 Å². The second kappa shape index (κ2) is 8.02. The molecule has 1 aliphatic rings. The van der Waals surface area contributed by atoms with Gasteiger partial charge in [0, 0.05) is 17.7 Å². The zero-order valence-electron chi connectivity index (χ0n) is 16.0. The maximum Gasteiger partial charge on any atom is 0.259 e. The standard InChI is InChI=1S/C21H21F2N3O2S/c1-11(12-6-7-14(22)15(23)10-12)24-18(27)9-8-17-25-20(28)19-13-4-2-3-5-16(13)29-21(19)26-17/h6-7,10-11H,2-5,8-9H2,1H3,(H,24,27)(H,25,26,28)/t11-/m1/s1. The molecular weight excluding hydrogens is 396 g/mol.